The zero-order valence-electron chi connectivity index (χ0n) is 12.4. The SMILES string of the molecule is Cc1cccc(CC(=O)N2CCC(c3ccsc3)CC2)c1. The van der Waals surface area contributed by atoms with Crippen LogP contribution in [0.4, 0.5) is 0 Å². The first-order chi connectivity index (χ1) is 10.2. The van der Waals surface area contributed by atoms with Gasteiger partial charge in [0.05, 0.1) is 6.42 Å². The molecule has 1 saturated heterocycles. The zero-order chi connectivity index (χ0) is 14.7. The summed E-state index contributed by atoms with van der Waals surface area (Å²) < 4.78 is 0. The molecule has 1 aliphatic rings. The van der Waals surface area contributed by atoms with Gasteiger partial charge in [-0.2, -0.15) is 11.3 Å². The maximum Gasteiger partial charge on any atom is 0.226 e. The Morgan fingerprint density at radius 2 is 2.10 bits per heavy atom. The summed E-state index contributed by atoms with van der Waals surface area (Å²) in [6, 6.07) is 10.5. The Morgan fingerprint density at radius 1 is 1.29 bits per heavy atom. The van der Waals surface area contributed by atoms with Crippen LogP contribution in [0.2, 0.25) is 0 Å². The van der Waals surface area contributed by atoms with Crippen LogP contribution in [-0.4, -0.2) is 23.9 Å². The fourth-order valence-corrected chi connectivity index (χ4v) is 3.82. The van der Waals surface area contributed by atoms with Gasteiger partial charge in [0.1, 0.15) is 0 Å². The van der Waals surface area contributed by atoms with Crippen LogP contribution in [0.25, 0.3) is 0 Å². The van der Waals surface area contributed by atoms with Crippen molar-refractivity contribution in [2.24, 2.45) is 0 Å². The largest absolute Gasteiger partial charge is 0.342 e. The summed E-state index contributed by atoms with van der Waals surface area (Å²) in [5.74, 6) is 0.906. The molecule has 2 nitrogen and oxygen atoms in total. The summed E-state index contributed by atoms with van der Waals surface area (Å²) in [7, 11) is 0. The van der Waals surface area contributed by atoms with Gasteiger partial charge in [-0.25, -0.2) is 0 Å². The van der Waals surface area contributed by atoms with Crippen molar-refractivity contribution in [3.05, 3.63) is 57.8 Å². The number of likely N-dealkylation sites (tertiary alicyclic amines) is 1. The molecule has 1 aliphatic heterocycles. The fourth-order valence-electron chi connectivity index (χ4n) is 3.08. The van der Waals surface area contributed by atoms with Gasteiger partial charge in [-0.1, -0.05) is 29.8 Å². The van der Waals surface area contributed by atoms with Crippen molar-refractivity contribution in [2.45, 2.75) is 32.1 Å². The number of nitrogens with zero attached hydrogens (tertiary/aromatic N) is 1. The van der Waals surface area contributed by atoms with E-state index in [1.165, 1.54) is 11.1 Å². The lowest BCUT2D eigenvalue weighted by atomic mass is 9.91. The van der Waals surface area contributed by atoms with E-state index in [0.717, 1.165) is 31.5 Å². The monoisotopic (exact) mass is 299 g/mol. The number of carbonyl (C=O) groups is 1. The van der Waals surface area contributed by atoms with E-state index >= 15 is 0 Å². The normalized spacial score (nSPS) is 16.1. The Balaban J connectivity index is 1.55. The summed E-state index contributed by atoms with van der Waals surface area (Å²) in [5, 5.41) is 4.39. The van der Waals surface area contributed by atoms with Gasteiger partial charge < -0.3 is 4.90 Å². The van der Waals surface area contributed by atoms with E-state index in [1.807, 2.05) is 17.0 Å². The topological polar surface area (TPSA) is 20.3 Å². The van der Waals surface area contributed by atoms with Crippen LogP contribution in [0, 0.1) is 6.92 Å². The first-order valence-corrected chi connectivity index (χ1v) is 8.52. The number of carbonyl (C=O) groups excluding carboxylic acids is 1. The van der Waals surface area contributed by atoms with E-state index in [9.17, 15) is 4.79 Å². The first kappa shape index (κ1) is 14.3. The van der Waals surface area contributed by atoms with Crippen molar-refractivity contribution in [2.75, 3.05) is 13.1 Å². The number of benzene rings is 1. The molecule has 1 amide bonds. The Hall–Kier alpha value is -1.61. The summed E-state index contributed by atoms with van der Waals surface area (Å²) in [6.07, 6.45) is 2.72. The molecule has 0 atom stereocenters. The Labute approximate surface area is 130 Å². The van der Waals surface area contributed by atoms with Crippen LogP contribution < -0.4 is 0 Å². The van der Waals surface area contributed by atoms with Crippen LogP contribution >= 0.6 is 11.3 Å². The third-order valence-corrected chi connectivity index (χ3v) is 5.00. The molecule has 3 rings (SSSR count). The van der Waals surface area contributed by atoms with Gasteiger partial charge in [0.2, 0.25) is 5.91 Å². The number of hydrogen-bond donors (Lipinski definition) is 0. The van der Waals surface area contributed by atoms with Gasteiger partial charge in [0, 0.05) is 13.1 Å². The lowest BCUT2D eigenvalue weighted by molar-refractivity contribution is -0.131. The lowest BCUT2D eigenvalue weighted by Gasteiger charge is -2.32. The highest BCUT2D eigenvalue weighted by atomic mass is 32.1. The van der Waals surface area contributed by atoms with Crippen LogP contribution in [0.3, 0.4) is 0 Å². The summed E-state index contributed by atoms with van der Waals surface area (Å²) >= 11 is 1.76. The van der Waals surface area contributed by atoms with Crippen molar-refractivity contribution in [3.63, 3.8) is 0 Å². The summed E-state index contributed by atoms with van der Waals surface area (Å²) in [5.41, 5.74) is 3.79. The maximum absolute atomic E-state index is 12.4. The number of amides is 1. The summed E-state index contributed by atoms with van der Waals surface area (Å²) in [6.45, 7) is 3.86. The number of aryl methyl sites for hydroxylation is 1. The average Bonchev–Trinajstić information content (AvgIpc) is 3.01. The molecule has 0 saturated carbocycles. The van der Waals surface area contributed by atoms with E-state index < -0.39 is 0 Å². The third-order valence-electron chi connectivity index (χ3n) is 4.30. The highest BCUT2D eigenvalue weighted by molar-refractivity contribution is 7.07. The van der Waals surface area contributed by atoms with Crippen LogP contribution in [-0.2, 0) is 11.2 Å². The molecule has 2 heterocycles. The molecular weight excluding hydrogens is 278 g/mol. The molecule has 0 unspecified atom stereocenters. The molecule has 1 aromatic heterocycles. The predicted octanol–water partition coefficient (Wildman–Crippen LogP) is 4.01. The lowest BCUT2D eigenvalue weighted by Crippen LogP contribution is -2.38. The molecule has 0 bridgehead atoms. The van der Waals surface area contributed by atoms with Crippen molar-refractivity contribution in [1.29, 1.82) is 0 Å². The van der Waals surface area contributed by atoms with Gasteiger partial charge >= 0.3 is 0 Å². The van der Waals surface area contributed by atoms with Crippen LogP contribution in [0.15, 0.2) is 41.1 Å². The molecule has 1 aromatic carbocycles. The quantitative estimate of drug-likeness (QED) is 0.838. The summed E-state index contributed by atoms with van der Waals surface area (Å²) in [4.78, 5) is 14.4. The number of hydrogen-bond acceptors (Lipinski definition) is 2. The Bertz CT molecular complexity index is 597. The van der Waals surface area contributed by atoms with Crippen LogP contribution in [0.5, 0.6) is 0 Å². The number of piperidine rings is 1. The van der Waals surface area contributed by atoms with E-state index in [1.54, 1.807) is 11.3 Å². The standard InChI is InChI=1S/C18H21NOS/c1-14-3-2-4-15(11-14)12-18(20)19-8-5-16(6-9-19)17-7-10-21-13-17/h2-4,7,10-11,13,16H,5-6,8-9,12H2,1H3. The first-order valence-electron chi connectivity index (χ1n) is 7.58. The molecule has 1 fully saturated rings. The molecule has 0 spiro atoms. The minimum atomic E-state index is 0.268. The van der Waals surface area contributed by atoms with Crippen molar-refractivity contribution in [1.82, 2.24) is 4.90 Å². The van der Waals surface area contributed by atoms with Gasteiger partial charge in [-0.05, 0) is 53.6 Å². The van der Waals surface area contributed by atoms with E-state index in [4.69, 9.17) is 0 Å². The van der Waals surface area contributed by atoms with Gasteiger partial charge in [-0.3, -0.25) is 4.79 Å². The minimum absolute atomic E-state index is 0.268. The van der Waals surface area contributed by atoms with Gasteiger partial charge in [0.25, 0.3) is 0 Å². The van der Waals surface area contributed by atoms with E-state index in [0.29, 0.717) is 12.3 Å². The molecule has 3 heteroatoms. The minimum Gasteiger partial charge on any atom is -0.342 e. The maximum atomic E-state index is 12.4. The Kier molecular flexibility index (Phi) is 4.39. The molecule has 0 radical (unpaired) electrons. The molecule has 0 N–H and O–H groups in total. The second-order valence-electron chi connectivity index (χ2n) is 5.88. The number of rotatable bonds is 3. The van der Waals surface area contributed by atoms with E-state index in [-0.39, 0.29) is 5.91 Å². The van der Waals surface area contributed by atoms with Crippen molar-refractivity contribution < 1.29 is 4.79 Å². The second-order valence-corrected chi connectivity index (χ2v) is 6.66. The van der Waals surface area contributed by atoms with E-state index in [2.05, 4.69) is 35.9 Å². The van der Waals surface area contributed by atoms with Crippen molar-refractivity contribution in [3.8, 4) is 0 Å². The van der Waals surface area contributed by atoms with Crippen LogP contribution in [0.1, 0.15) is 35.4 Å². The predicted molar refractivity (Wildman–Crippen MR) is 87.8 cm³/mol. The van der Waals surface area contributed by atoms with Gasteiger partial charge in [-0.15, -0.1) is 0 Å². The van der Waals surface area contributed by atoms with Crippen molar-refractivity contribution >= 4 is 17.2 Å². The molecule has 110 valence electrons. The highest BCUT2D eigenvalue weighted by Crippen LogP contribution is 2.29. The zero-order valence-corrected chi connectivity index (χ0v) is 13.2. The third kappa shape index (κ3) is 3.53. The second kappa shape index (κ2) is 6.44. The smallest absolute Gasteiger partial charge is 0.226 e. The highest BCUT2D eigenvalue weighted by Gasteiger charge is 2.23. The Morgan fingerprint density at radius 3 is 2.76 bits per heavy atom. The fraction of sp³-hybridized carbons (Fsp3) is 0.389. The molecular formula is C18H21NOS. The molecule has 21 heavy (non-hydrogen) atoms. The average molecular weight is 299 g/mol. The van der Waals surface area contributed by atoms with Gasteiger partial charge in [0.15, 0.2) is 0 Å². The molecule has 0 aliphatic carbocycles. The molecule has 2 aromatic rings. The number of thiophene rings is 1.